The number of carbonyl (C=O) groups is 1. The van der Waals surface area contributed by atoms with Crippen molar-refractivity contribution in [3.63, 3.8) is 0 Å². The number of carbonyl (C=O) groups excluding carboxylic acids is 1. The number of fused-ring (bicyclic) bond motifs is 2. The molecule has 3 N–H and O–H groups in total. The van der Waals surface area contributed by atoms with Crippen LogP contribution in [-0.4, -0.2) is 32.2 Å². The summed E-state index contributed by atoms with van der Waals surface area (Å²) in [5.41, 5.74) is 9.98. The SMILES string of the molecule is NC(=O)OCCn1cc(-c2nc(-c3c[nH]c4ncccc34)cs2)c2ccccc21. The number of benzene rings is 1. The molecule has 0 saturated carbocycles. The van der Waals surface area contributed by atoms with E-state index in [9.17, 15) is 4.79 Å². The molecular weight excluding hydrogens is 386 g/mol. The molecule has 1 amide bonds. The van der Waals surface area contributed by atoms with Crippen LogP contribution in [0.1, 0.15) is 0 Å². The first-order chi connectivity index (χ1) is 14.2. The van der Waals surface area contributed by atoms with Gasteiger partial charge in [-0.2, -0.15) is 0 Å². The molecule has 7 nitrogen and oxygen atoms in total. The summed E-state index contributed by atoms with van der Waals surface area (Å²) in [5.74, 6) is 0. The van der Waals surface area contributed by atoms with Crippen LogP contribution in [0.25, 0.3) is 43.8 Å². The van der Waals surface area contributed by atoms with Crippen LogP contribution < -0.4 is 5.73 Å². The Balaban J connectivity index is 1.54. The van der Waals surface area contributed by atoms with Gasteiger partial charge in [0.25, 0.3) is 0 Å². The van der Waals surface area contributed by atoms with Gasteiger partial charge in [-0.1, -0.05) is 18.2 Å². The molecular formula is C21H17N5O2S. The van der Waals surface area contributed by atoms with E-state index in [1.54, 1.807) is 17.5 Å². The van der Waals surface area contributed by atoms with Crippen molar-refractivity contribution in [3.05, 3.63) is 60.4 Å². The van der Waals surface area contributed by atoms with E-state index in [4.69, 9.17) is 15.5 Å². The van der Waals surface area contributed by atoms with E-state index in [1.165, 1.54) is 0 Å². The van der Waals surface area contributed by atoms with E-state index in [0.717, 1.165) is 43.8 Å². The molecule has 0 aliphatic heterocycles. The molecule has 5 rings (SSSR count). The Bertz CT molecular complexity index is 1330. The van der Waals surface area contributed by atoms with Crippen molar-refractivity contribution in [2.24, 2.45) is 5.73 Å². The number of aromatic amines is 1. The standard InChI is InChI=1S/C21H17N5O2S/c22-21(27)28-9-8-26-11-16(13-4-1-2-6-18(13)26)20-25-17(12-29-20)15-10-24-19-14(15)5-3-7-23-19/h1-7,10-12H,8-9H2,(H2,22,27)(H,23,24). The third kappa shape index (κ3) is 3.13. The quantitative estimate of drug-likeness (QED) is 0.454. The molecule has 0 aliphatic carbocycles. The number of thiazole rings is 1. The highest BCUT2D eigenvalue weighted by Gasteiger charge is 2.15. The van der Waals surface area contributed by atoms with Gasteiger partial charge in [-0.3, -0.25) is 0 Å². The predicted molar refractivity (Wildman–Crippen MR) is 114 cm³/mol. The second-order valence-electron chi connectivity index (χ2n) is 6.56. The van der Waals surface area contributed by atoms with Crippen LogP contribution in [0.5, 0.6) is 0 Å². The monoisotopic (exact) mass is 403 g/mol. The van der Waals surface area contributed by atoms with E-state index in [2.05, 4.69) is 32.2 Å². The number of aromatic nitrogens is 4. The van der Waals surface area contributed by atoms with Gasteiger partial charge < -0.3 is 20.0 Å². The summed E-state index contributed by atoms with van der Waals surface area (Å²) < 4.78 is 6.96. The van der Waals surface area contributed by atoms with Crippen molar-refractivity contribution in [1.29, 1.82) is 0 Å². The normalized spacial score (nSPS) is 11.3. The van der Waals surface area contributed by atoms with Gasteiger partial charge in [-0.15, -0.1) is 11.3 Å². The molecule has 4 aromatic heterocycles. The fourth-order valence-corrected chi connectivity index (χ4v) is 4.38. The first kappa shape index (κ1) is 17.4. The second kappa shape index (κ2) is 7.06. The predicted octanol–water partition coefficient (Wildman–Crippen LogP) is 4.40. The van der Waals surface area contributed by atoms with Gasteiger partial charge in [0.05, 0.1) is 12.2 Å². The summed E-state index contributed by atoms with van der Waals surface area (Å²) in [4.78, 5) is 23.3. The number of ether oxygens (including phenoxy) is 1. The Morgan fingerprint density at radius 3 is 2.93 bits per heavy atom. The number of rotatable bonds is 5. The van der Waals surface area contributed by atoms with Gasteiger partial charge in [0.15, 0.2) is 0 Å². The maximum atomic E-state index is 10.9. The lowest BCUT2D eigenvalue weighted by Crippen LogP contribution is -2.16. The van der Waals surface area contributed by atoms with Crippen molar-refractivity contribution in [1.82, 2.24) is 19.5 Å². The largest absolute Gasteiger partial charge is 0.448 e. The van der Waals surface area contributed by atoms with Gasteiger partial charge in [-0.05, 0) is 18.2 Å². The van der Waals surface area contributed by atoms with Crippen LogP contribution in [0.15, 0.2) is 60.4 Å². The fourth-order valence-electron chi connectivity index (χ4n) is 3.54. The molecule has 0 bridgehead atoms. The Morgan fingerprint density at radius 1 is 1.17 bits per heavy atom. The number of hydrogen-bond donors (Lipinski definition) is 2. The van der Waals surface area contributed by atoms with Crippen molar-refractivity contribution >= 4 is 39.4 Å². The first-order valence-corrected chi connectivity index (χ1v) is 9.97. The lowest BCUT2D eigenvalue weighted by molar-refractivity contribution is 0.153. The van der Waals surface area contributed by atoms with Crippen molar-refractivity contribution in [2.75, 3.05) is 6.61 Å². The zero-order valence-electron chi connectivity index (χ0n) is 15.3. The summed E-state index contributed by atoms with van der Waals surface area (Å²) in [7, 11) is 0. The van der Waals surface area contributed by atoms with Crippen LogP contribution in [0.2, 0.25) is 0 Å². The van der Waals surface area contributed by atoms with Crippen LogP contribution in [0, 0.1) is 0 Å². The molecule has 4 heterocycles. The minimum atomic E-state index is -0.764. The van der Waals surface area contributed by atoms with Gasteiger partial charge in [-0.25, -0.2) is 14.8 Å². The highest BCUT2D eigenvalue weighted by molar-refractivity contribution is 7.13. The lowest BCUT2D eigenvalue weighted by atomic mass is 10.1. The van der Waals surface area contributed by atoms with E-state index in [1.807, 2.05) is 36.5 Å². The molecule has 8 heteroatoms. The van der Waals surface area contributed by atoms with Crippen molar-refractivity contribution in [3.8, 4) is 21.8 Å². The van der Waals surface area contributed by atoms with Crippen molar-refractivity contribution in [2.45, 2.75) is 6.54 Å². The van der Waals surface area contributed by atoms with Crippen molar-refractivity contribution < 1.29 is 9.53 Å². The molecule has 0 radical (unpaired) electrons. The fraction of sp³-hybridized carbons (Fsp3) is 0.0952. The molecule has 0 unspecified atom stereocenters. The van der Waals surface area contributed by atoms with Crippen LogP contribution in [0.3, 0.4) is 0 Å². The van der Waals surface area contributed by atoms with E-state index in [-0.39, 0.29) is 6.61 Å². The molecule has 144 valence electrons. The van der Waals surface area contributed by atoms with Gasteiger partial charge in [0, 0.05) is 51.4 Å². The number of nitrogens with zero attached hydrogens (tertiary/aromatic N) is 3. The van der Waals surface area contributed by atoms with E-state index in [0.29, 0.717) is 6.54 Å². The number of amides is 1. The number of H-pyrrole nitrogens is 1. The zero-order valence-corrected chi connectivity index (χ0v) is 16.1. The summed E-state index contributed by atoms with van der Waals surface area (Å²) >= 11 is 1.60. The van der Waals surface area contributed by atoms with Gasteiger partial charge in [0.1, 0.15) is 17.3 Å². The Hall–Kier alpha value is -3.65. The third-order valence-electron chi connectivity index (χ3n) is 4.83. The van der Waals surface area contributed by atoms with E-state index < -0.39 is 6.09 Å². The Labute approximate surface area is 169 Å². The van der Waals surface area contributed by atoms with Crippen LogP contribution >= 0.6 is 11.3 Å². The third-order valence-corrected chi connectivity index (χ3v) is 5.70. The second-order valence-corrected chi connectivity index (χ2v) is 7.42. The number of nitrogens with one attached hydrogen (secondary N) is 1. The number of hydrogen-bond acceptors (Lipinski definition) is 5. The molecule has 0 aliphatic rings. The number of pyridine rings is 1. The molecule has 0 fully saturated rings. The summed E-state index contributed by atoms with van der Waals surface area (Å²) in [6.45, 7) is 0.745. The highest BCUT2D eigenvalue weighted by Crippen LogP contribution is 2.36. The number of nitrogens with two attached hydrogens (primary N) is 1. The maximum Gasteiger partial charge on any atom is 0.404 e. The molecule has 0 spiro atoms. The number of primary amides is 1. The van der Waals surface area contributed by atoms with Gasteiger partial charge in [0.2, 0.25) is 0 Å². The molecule has 29 heavy (non-hydrogen) atoms. The van der Waals surface area contributed by atoms with Crippen LogP contribution in [0.4, 0.5) is 4.79 Å². The minimum absolute atomic E-state index is 0.221. The smallest absolute Gasteiger partial charge is 0.404 e. The molecule has 1 aromatic carbocycles. The van der Waals surface area contributed by atoms with Gasteiger partial charge >= 0.3 is 6.09 Å². The summed E-state index contributed by atoms with van der Waals surface area (Å²) in [6.07, 6.45) is 5.00. The molecule has 5 aromatic rings. The average molecular weight is 403 g/mol. The van der Waals surface area contributed by atoms with E-state index >= 15 is 0 Å². The topological polar surface area (TPSA) is 98.8 Å². The average Bonchev–Trinajstić information content (AvgIpc) is 3.44. The highest BCUT2D eigenvalue weighted by atomic mass is 32.1. The summed E-state index contributed by atoms with van der Waals surface area (Å²) in [5, 5.41) is 5.15. The Kier molecular flexibility index (Phi) is 4.25. The molecule has 0 atom stereocenters. The number of para-hydroxylation sites is 1. The first-order valence-electron chi connectivity index (χ1n) is 9.09. The zero-order chi connectivity index (χ0) is 19.8. The molecule has 0 saturated heterocycles. The lowest BCUT2D eigenvalue weighted by Gasteiger charge is -2.04. The Morgan fingerprint density at radius 2 is 2.03 bits per heavy atom. The van der Waals surface area contributed by atoms with Crippen LogP contribution in [-0.2, 0) is 11.3 Å². The minimum Gasteiger partial charge on any atom is -0.448 e. The maximum absolute atomic E-state index is 10.9. The summed E-state index contributed by atoms with van der Waals surface area (Å²) in [6, 6.07) is 12.1.